The predicted octanol–water partition coefficient (Wildman–Crippen LogP) is 4.38. The average molecular weight is 508 g/mol. The molecule has 1 heterocycles. The Labute approximate surface area is 203 Å². The number of carbonyl (C=O) groups excluding carboxylic acids is 1. The van der Waals surface area contributed by atoms with E-state index in [0.717, 1.165) is 54.6 Å². The molecule has 0 radical (unpaired) electrons. The number of sulfonamides is 1. The Hall–Kier alpha value is -2.69. The summed E-state index contributed by atoms with van der Waals surface area (Å²) in [6.45, 7) is 0. The maximum Gasteiger partial charge on any atom is 0.274 e. The second-order valence-corrected chi connectivity index (χ2v) is 10.9. The molecular weight excluding hydrogens is 482 g/mol. The van der Waals surface area contributed by atoms with Crippen molar-refractivity contribution in [2.24, 2.45) is 5.92 Å². The van der Waals surface area contributed by atoms with Crippen LogP contribution in [0.5, 0.6) is 5.75 Å². The van der Waals surface area contributed by atoms with Gasteiger partial charge in [0.05, 0.1) is 23.8 Å². The van der Waals surface area contributed by atoms with Crippen molar-refractivity contribution < 1.29 is 22.9 Å². The molecule has 1 saturated carbocycles. The van der Waals surface area contributed by atoms with E-state index in [1.165, 1.54) is 19.2 Å². The monoisotopic (exact) mass is 507 g/mol. The molecule has 0 saturated heterocycles. The molecule has 1 N–H and O–H groups in total. The van der Waals surface area contributed by atoms with Crippen LogP contribution in [-0.2, 0) is 20.4 Å². The van der Waals surface area contributed by atoms with Gasteiger partial charge in [-0.3, -0.25) is 14.9 Å². The lowest BCUT2D eigenvalue weighted by molar-refractivity contribution is -0.385. The highest BCUT2D eigenvalue weighted by molar-refractivity contribution is 7.93. The number of non-ortho nitro benzene ring substituents is 1. The van der Waals surface area contributed by atoms with Gasteiger partial charge in [-0.15, -0.1) is 0 Å². The van der Waals surface area contributed by atoms with Gasteiger partial charge in [0, 0.05) is 16.7 Å². The van der Waals surface area contributed by atoms with Gasteiger partial charge in [-0.05, 0) is 43.7 Å². The molecule has 0 spiro atoms. The molecule has 2 aromatic carbocycles. The molecule has 1 fully saturated rings. The lowest BCUT2D eigenvalue weighted by Crippen LogP contribution is -2.51. The fourth-order valence-electron chi connectivity index (χ4n) is 5.11. The minimum atomic E-state index is -4.47. The Kier molecular flexibility index (Phi) is 6.58. The molecule has 9 nitrogen and oxygen atoms in total. The van der Waals surface area contributed by atoms with Gasteiger partial charge in [-0.1, -0.05) is 43.7 Å². The topological polar surface area (TPSA) is 119 Å². The SMILES string of the molecule is CNC1(CC2CCCCC2)C(=O)N(S(=O)(=O)c2ccc([N+](=O)[O-])cc2OC)c2ccc(Cl)cc21. The van der Waals surface area contributed by atoms with Crippen molar-refractivity contribution in [1.82, 2.24) is 5.32 Å². The van der Waals surface area contributed by atoms with Crippen molar-refractivity contribution in [3.8, 4) is 5.75 Å². The van der Waals surface area contributed by atoms with Gasteiger partial charge in [0.1, 0.15) is 16.2 Å². The fraction of sp³-hybridized carbons (Fsp3) is 0.435. The molecule has 182 valence electrons. The first-order chi connectivity index (χ1) is 16.2. The number of nitro groups is 1. The highest BCUT2D eigenvalue weighted by atomic mass is 35.5. The van der Waals surface area contributed by atoms with Gasteiger partial charge >= 0.3 is 0 Å². The second kappa shape index (κ2) is 9.16. The van der Waals surface area contributed by atoms with Gasteiger partial charge in [0.2, 0.25) is 0 Å². The summed E-state index contributed by atoms with van der Waals surface area (Å²) in [7, 11) is -1.60. The number of benzene rings is 2. The summed E-state index contributed by atoms with van der Waals surface area (Å²) in [5, 5.41) is 14.7. The number of nitro benzene ring substituents is 1. The summed E-state index contributed by atoms with van der Waals surface area (Å²) >= 11 is 6.28. The Morgan fingerprint density at radius 1 is 1.21 bits per heavy atom. The largest absolute Gasteiger partial charge is 0.495 e. The summed E-state index contributed by atoms with van der Waals surface area (Å²) in [5.74, 6) is -0.585. The molecule has 1 aliphatic carbocycles. The zero-order chi connectivity index (χ0) is 24.7. The van der Waals surface area contributed by atoms with E-state index < -0.39 is 26.4 Å². The average Bonchev–Trinajstić information content (AvgIpc) is 3.07. The molecule has 0 bridgehead atoms. The van der Waals surface area contributed by atoms with Crippen LogP contribution < -0.4 is 14.4 Å². The number of methoxy groups -OCH3 is 1. The van der Waals surface area contributed by atoms with Crippen LogP contribution in [0.25, 0.3) is 0 Å². The van der Waals surface area contributed by atoms with Crippen LogP contribution in [0.4, 0.5) is 11.4 Å². The van der Waals surface area contributed by atoms with Crippen molar-refractivity contribution in [3.63, 3.8) is 0 Å². The molecule has 2 aromatic rings. The van der Waals surface area contributed by atoms with E-state index in [9.17, 15) is 23.3 Å². The number of hydrogen-bond acceptors (Lipinski definition) is 7. The summed E-state index contributed by atoms with van der Waals surface area (Å²) < 4.78 is 33.6. The third-order valence-electron chi connectivity index (χ3n) is 6.81. The molecular formula is C23H26ClN3O6S. The number of amides is 1. The van der Waals surface area contributed by atoms with Gasteiger partial charge < -0.3 is 10.1 Å². The van der Waals surface area contributed by atoms with E-state index in [1.807, 2.05) is 0 Å². The number of nitrogens with one attached hydrogen (secondary N) is 1. The minimum absolute atomic E-state index is 0.208. The first-order valence-corrected chi connectivity index (χ1v) is 12.9. The van der Waals surface area contributed by atoms with Crippen LogP contribution in [-0.4, -0.2) is 33.4 Å². The second-order valence-electron chi connectivity index (χ2n) is 8.69. The molecule has 1 aliphatic heterocycles. The van der Waals surface area contributed by atoms with Crippen molar-refractivity contribution in [2.45, 2.75) is 49.0 Å². The highest BCUT2D eigenvalue weighted by Crippen LogP contribution is 2.49. The number of fused-ring (bicyclic) bond motifs is 1. The number of ether oxygens (including phenoxy) is 1. The number of carbonyl (C=O) groups is 1. The highest BCUT2D eigenvalue weighted by Gasteiger charge is 2.55. The summed E-state index contributed by atoms with van der Waals surface area (Å²) in [4.78, 5) is 24.2. The predicted molar refractivity (Wildman–Crippen MR) is 128 cm³/mol. The van der Waals surface area contributed by atoms with Crippen LogP contribution in [0, 0.1) is 16.0 Å². The van der Waals surface area contributed by atoms with Gasteiger partial charge in [-0.2, -0.15) is 0 Å². The molecule has 4 rings (SSSR count). The lowest BCUT2D eigenvalue weighted by atomic mass is 9.76. The van der Waals surface area contributed by atoms with E-state index in [-0.39, 0.29) is 27.9 Å². The van der Waals surface area contributed by atoms with Crippen molar-refractivity contribution in [1.29, 1.82) is 0 Å². The van der Waals surface area contributed by atoms with Gasteiger partial charge in [-0.25, -0.2) is 12.7 Å². The molecule has 11 heteroatoms. The summed E-state index contributed by atoms with van der Waals surface area (Å²) in [6.07, 6.45) is 5.68. The van der Waals surface area contributed by atoms with Crippen LogP contribution >= 0.6 is 11.6 Å². The van der Waals surface area contributed by atoms with E-state index in [1.54, 1.807) is 13.1 Å². The Bertz CT molecular complexity index is 1250. The number of nitrogens with zero attached hydrogens (tertiary/aromatic N) is 2. The maximum absolute atomic E-state index is 14.0. The Morgan fingerprint density at radius 2 is 1.91 bits per heavy atom. The number of likely N-dealkylation sites (N-methyl/N-ethyl adjacent to an activating group) is 1. The van der Waals surface area contributed by atoms with Crippen LogP contribution in [0.2, 0.25) is 5.02 Å². The quantitative estimate of drug-likeness (QED) is 0.436. The molecule has 1 unspecified atom stereocenters. The van der Waals surface area contributed by atoms with E-state index >= 15 is 0 Å². The number of halogens is 1. The molecule has 1 atom stereocenters. The van der Waals surface area contributed by atoms with Crippen LogP contribution in [0.3, 0.4) is 0 Å². The zero-order valence-corrected chi connectivity index (χ0v) is 20.5. The van der Waals surface area contributed by atoms with Crippen molar-refractivity contribution in [2.75, 3.05) is 18.5 Å². The first kappa shape index (κ1) is 24.4. The van der Waals surface area contributed by atoms with Crippen molar-refractivity contribution >= 4 is 38.9 Å². The smallest absolute Gasteiger partial charge is 0.274 e. The normalized spacial score (nSPS) is 20.9. The zero-order valence-electron chi connectivity index (χ0n) is 18.9. The molecule has 1 amide bonds. The molecule has 0 aromatic heterocycles. The number of rotatable bonds is 7. The first-order valence-electron chi connectivity index (χ1n) is 11.1. The minimum Gasteiger partial charge on any atom is -0.495 e. The lowest BCUT2D eigenvalue weighted by Gasteiger charge is -2.33. The molecule has 2 aliphatic rings. The third kappa shape index (κ3) is 3.93. The Morgan fingerprint density at radius 3 is 2.53 bits per heavy atom. The van der Waals surface area contributed by atoms with Crippen molar-refractivity contribution in [3.05, 3.63) is 57.1 Å². The standard InChI is InChI=1S/C23H26ClN3O6S/c1-25-23(14-15-6-4-3-5-7-15)18-12-16(24)8-10-19(18)26(22(23)28)34(31,32)21-11-9-17(27(29)30)13-20(21)33-2/h8-13,15,25H,3-7,14H2,1-2H3. The van der Waals surface area contributed by atoms with E-state index in [0.29, 0.717) is 17.0 Å². The van der Waals surface area contributed by atoms with E-state index in [4.69, 9.17) is 16.3 Å². The fourth-order valence-corrected chi connectivity index (χ4v) is 6.91. The van der Waals surface area contributed by atoms with Gasteiger partial charge in [0.25, 0.3) is 21.6 Å². The summed E-state index contributed by atoms with van der Waals surface area (Å²) in [6, 6.07) is 7.89. The Balaban J connectivity index is 1.86. The summed E-state index contributed by atoms with van der Waals surface area (Å²) in [5.41, 5.74) is -0.872. The maximum atomic E-state index is 14.0. The third-order valence-corrected chi connectivity index (χ3v) is 8.78. The number of anilines is 1. The number of hydrogen-bond donors (Lipinski definition) is 1. The van der Waals surface area contributed by atoms with Crippen LogP contribution in [0.15, 0.2) is 41.3 Å². The molecule has 34 heavy (non-hydrogen) atoms. The van der Waals surface area contributed by atoms with E-state index in [2.05, 4.69) is 5.32 Å². The van der Waals surface area contributed by atoms with Gasteiger partial charge in [0.15, 0.2) is 0 Å². The van der Waals surface area contributed by atoms with Crippen LogP contribution in [0.1, 0.15) is 44.1 Å².